The summed E-state index contributed by atoms with van der Waals surface area (Å²) in [6.45, 7) is 0.0349. The van der Waals surface area contributed by atoms with Crippen LogP contribution in [0.25, 0.3) is 22.2 Å². The molecule has 8 nitrogen and oxygen atoms in total. The smallest absolute Gasteiger partial charge is 0.275 e. The fourth-order valence-corrected chi connectivity index (χ4v) is 4.49. The second-order valence-corrected chi connectivity index (χ2v) is 8.09. The molecule has 1 amide bonds. The van der Waals surface area contributed by atoms with Crippen LogP contribution in [0.15, 0.2) is 46.8 Å². The van der Waals surface area contributed by atoms with E-state index in [-0.39, 0.29) is 12.6 Å². The van der Waals surface area contributed by atoms with Crippen LogP contribution in [0.1, 0.15) is 40.7 Å². The predicted octanol–water partition coefficient (Wildman–Crippen LogP) is 4.20. The Bertz CT molecular complexity index is 1270. The van der Waals surface area contributed by atoms with Crippen LogP contribution < -0.4 is 10.9 Å². The summed E-state index contributed by atoms with van der Waals surface area (Å²) >= 11 is 0. The maximum Gasteiger partial charge on any atom is 0.275 e. The van der Waals surface area contributed by atoms with E-state index in [2.05, 4.69) is 44.3 Å². The standard InChI is InChI=1S/C22H19BN6O2/c24-12-23(15-5-2-6-15)10-13-3-1-4-14(7-13)21-18-11-25-28-22(30)17-8-16(27-29-31)9-19(26-21)20(17)18/h1,3-4,7-9,11,15,26H,2,5-6,10H2,(H,27,31)(H,28,30). The van der Waals surface area contributed by atoms with Crippen molar-refractivity contribution in [3.05, 3.63) is 58.0 Å². The van der Waals surface area contributed by atoms with E-state index < -0.39 is 0 Å². The van der Waals surface area contributed by atoms with Crippen molar-refractivity contribution in [2.45, 2.75) is 31.4 Å². The summed E-state index contributed by atoms with van der Waals surface area (Å²) < 4.78 is 0. The molecule has 0 unspecified atom stereocenters. The van der Waals surface area contributed by atoms with Gasteiger partial charge < -0.3 is 4.98 Å². The number of hydrazone groups is 1. The highest BCUT2D eigenvalue weighted by atomic mass is 16.3. The maximum absolute atomic E-state index is 12.5. The lowest BCUT2D eigenvalue weighted by Gasteiger charge is -2.27. The van der Waals surface area contributed by atoms with Gasteiger partial charge in [0.25, 0.3) is 12.6 Å². The van der Waals surface area contributed by atoms with E-state index in [9.17, 15) is 15.0 Å². The number of nitrogens with one attached hydrogen (secondary N) is 3. The average Bonchev–Trinajstić information content (AvgIpc) is 3.01. The summed E-state index contributed by atoms with van der Waals surface area (Å²) in [6.07, 6.45) is 5.84. The third-order valence-corrected chi connectivity index (χ3v) is 6.27. The van der Waals surface area contributed by atoms with Crippen LogP contribution in [0.4, 0.5) is 5.69 Å². The first kappa shape index (κ1) is 19.1. The zero-order chi connectivity index (χ0) is 21.4. The molecule has 0 bridgehead atoms. The quantitative estimate of drug-likeness (QED) is 0.320. The lowest BCUT2D eigenvalue weighted by Crippen LogP contribution is -2.27. The van der Waals surface area contributed by atoms with Gasteiger partial charge >= 0.3 is 0 Å². The van der Waals surface area contributed by atoms with Gasteiger partial charge in [-0.15, -0.1) is 4.91 Å². The number of carbonyl (C=O) groups excluding carboxylic acids is 1. The van der Waals surface area contributed by atoms with E-state index in [0.29, 0.717) is 22.6 Å². The zero-order valence-electron chi connectivity index (χ0n) is 16.7. The largest absolute Gasteiger partial charge is 0.354 e. The summed E-state index contributed by atoms with van der Waals surface area (Å²) in [4.78, 5) is 26.5. The van der Waals surface area contributed by atoms with Gasteiger partial charge in [-0.05, 0) is 29.8 Å². The SMILES string of the molecule is N#CB(Cc1cccc(-c2[nH]c3cc(NN=O)cc4c3c2C=NNC4=O)c1)C1CCC1. The average molecular weight is 410 g/mol. The maximum atomic E-state index is 12.5. The molecule has 1 saturated carbocycles. The van der Waals surface area contributed by atoms with Crippen molar-refractivity contribution in [2.24, 2.45) is 10.4 Å². The van der Waals surface area contributed by atoms with Crippen LogP contribution in [0.5, 0.6) is 0 Å². The predicted molar refractivity (Wildman–Crippen MR) is 121 cm³/mol. The topological polar surface area (TPSA) is 122 Å². The molecule has 9 heteroatoms. The fraction of sp³-hybridized carbons (Fsp3) is 0.227. The second-order valence-electron chi connectivity index (χ2n) is 8.09. The number of nitriles is 1. The number of H-pyrrole nitrogens is 1. The van der Waals surface area contributed by atoms with Crippen molar-refractivity contribution in [3.63, 3.8) is 0 Å². The Morgan fingerprint density at radius 1 is 1.29 bits per heavy atom. The van der Waals surface area contributed by atoms with Gasteiger partial charge in [-0.1, -0.05) is 49.1 Å². The highest BCUT2D eigenvalue weighted by molar-refractivity contribution is 6.68. The van der Waals surface area contributed by atoms with E-state index >= 15 is 0 Å². The highest BCUT2D eigenvalue weighted by Gasteiger charge is 2.31. The van der Waals surface area contributed by atoms with Crippen molar-refractivity contribution in [3.8, 4) is 17.2 Å². The first-order valence-electron chi connectivity index (χ1n) is 10.3. The number of anilines is 1. The van der Waals surface area contributed by atoms with Crippen LogP contribution in [-0.2, 0) is 6.32 Å². The van der Waals surface area contributed by atoms with E-state index in [1.54, 1.807) is 18.3 Å². The van der Waals surface area contributed by atoms with Gasteiger partial charge in [0.05, 0.1) is 28.4 Å². The minimum Gasteiger partial charge on any atom is -0.354 e. The summed E-state index contributed by atoms with van der Waals surface area (Å²) in [7, 11) is 0. The Morgan fingerprint density at radius 3 is 2.90 bits per heavy atom. The number of nitrogens with zero attached hydrogens (tertiary/aromatic N) is 3. The Balaban J connectivity index is 1.59. The molecule has 2 aliphatic rings. The van der Waals surface area contributed by atoms with Gasteiger partial charge in [0.15, 0.2) is 0 Å². The molecule has 3 N–H and O–H groups in total. The molecule has 1 aliphatic heterocycles. The van der Waals surface area contributed by atoms with E-state index in [1.165, 1.54) is 6.42 Å². The van der Waals surface area contributed by atoms with Gasteiger partial charge in [0.1, 0.15) is 0 Å². The minimum absolute atomic E-state index is 0.0349. The van der Waals surface area contributed by atoms with Crippen molar-refractivity contribution in [1.29, 1.82) is 5.26 Å². The first-order chi connectivity index (χ1) is 15.2. The lowest BCUT2D eigenvalue weighted by molar-refractivity contribution is 0.0957. The summed E-state index contributed by atoms with van der Waals surface area (Å²) in [5.41, 5.74) is 10.1. The summed E-state index contributed by atoms with van der Waals surface area (Å²) in [5, 5.41) is 17.1. The second kappa shape index (κ2) is 7.72. The molecular weight excluding hydrogens is 391 g/mol. The number of nitroso groups, excluding NO2 is 1. The molecule has 0 saturated heterocycles. The molecule has 152 valence electrons. The van der Waals surface area contributed by atoms with Crippen LogP contribution in [0.2, 0.25) is 5.82 Å². The number of rotatable bonds is 6. The fourth-order valence-electron chi connectivity index (χ4n) is 4.49. The minimum atomic E-state index is -0.355. The van der Waals surface area contributed by atoms with Crippen LogP contribution in [0.3, 0.4) is 0 Å². The van der Waals surface area contributed by atoms with E-state index in [0.717, 1.165) is 46.9 Å². The van der Waals surface area contributed by atoms with Gasteiger partial charge in [-0.2, -0.15) is 5.10 Å². The molecule has 1 fully saturated rings. The van der Waals surface area contributed by atoms with Gasteiger partial charge in [0.2, 0.25) is 0 Å². The zero-order valence-corrected chi connectivity index (χ0v) is 16.7. The molecule has 31 heavy (non-hydrogen) atoms. The molecule has 0 spiro atoms. The summed E-state index contributed by atoms with van der Waals surface area (Å²) in [5.74, 6) is 2.63. The van der Waals surface area contributed by atoms with Crippen LogP contribution in [0, 0.1) is 16.1 Å². The normalized spacial score (nSPS) is 15.0. The molecule has 3 aromatic rings. The number of hydrogen-bond acceptors (Lipinski definition) is 5. The van der Waals surface area contributed by atoms with Crippen molar-refractivity contribution < 1.29 is 4.79 Å². The van der Waals surface area contributed by atoms with Crippen molar-refractivity contribution in [1.82, 2.24) is 10.4 Å². The first-order valence-corrected chi connectivity index (χ1v) is 10.3. The Kier molecular flexibility index (Phi) is 4.75. The summed E-state index contributed by atoms with van der Waals surface area (Å²) in [6, 6.07) is 11.4. The Morgan fingerprint density at radius 2 is 2.16 bits per heavy atom. The number of amides is 1. The third-order valence-electron chi connectivity index (χ3n) is 6.27. The molecule has 0 radical (unpaired) electrons. The Hall–Kier alpha value is -3.93. The molecule has 0 atom stereocenters. The molecule has 1 aliphatic carbocycles. The van der Waals surface area contributed by atoms with Crippen LogP contribution >= 0.6 is 0 Å². The number of hydrogen-bond donors (Lipinski definition) is 3. The van der Waals surface area contributed by atoms with Gasteiger partial charge in [-0.25, -0.2) is 16.1 Å². The van der Waals surface area contributed by atoms with Crippen LogP contribution in [-0.4, -0.2) is 23.8 Å². The van der Waals surface area contributed by atoms with Gasteiger partial charge in [-0.3, -0.25) is 4.79 Å². The lowest BCUT2D eigenvalue weighted by atomic mass is 9.35. The molecule has 2 aromatic carbocycles. The van der Waals surface area contributed by atoms with Crippen molar-refractivity contribution in [2.75, 3.05) is 5.43 Å². The molecule has 2 heterocycles. The molecule has 1 aromatic heterocycles. The Labute approximate surface area is 178 Å². The number of carbonyl (C=O) groups is 1. The van der Waals surface area contributed by atoms with Crippen molar-refractivity contribution >= 4 is 35.4 Å². The number of aromatic nitrogens is 1. The van der Waals surface area contributed by atoms with E-state index in [1.807, 2.05) is 12.1 Å². The highest BCUT2D eigenvalue weighted by Crippen LogP contribution is 2.37. The van der Waals surface area contributed by atoms with E-state index in [4.69, 9.17) is 0 Å². The third kappa shape index (κ3) is 3.36. The molecular formula is C22H19BN6O2. The monoisotopic (exact) mass is 410 g/mol. The number of benzene rings is 2. The number of aromatic amines is 1. The van der Waals surface area contributed by atoms with Gasteiger partial charge in [0, 0.05) is 22.4 Å². The molecule has 5 rings (SSSR count).